The lowest BCUT2D eigenvalue weighted by Gasteiger charge is -2.48. The van der Waals surface area contributed by atoms with Crippen LogP contribution in [0.25, 0.3) is 10.9 Å². The van der Waals surface area contributed by atoms with E-state index in [9.17, 15) is 0 Å². The first-order valence-electron chi connectivity index (χ1n) is 11.7. The molecule has 5 rings (SSSR count). The number of ether oxygens (including phenoxy) is 2. The molecule has 2 atom stereocenters. The van der Waals surface area contributed by atoms with Crippen molar-refractivity contribution in [2.24, 2.45) is 5.92 Å². The summed E-state index contributed by atoms with van der Waals surface area (Å²) >= 11 is 0. The number of rotatable bonds is 4. The third-order valence-electron chi connectivity index (χ3n) is 7.98. The molecule has 4 heteroatoms. The summed E-state index contributed by atoms with van der Waals surface area (Å²) in [5.41, 5.74) is 4.02. The molecule has 1 saturated carbocycles. The Morgan fingerprint density at radius 2 is 2.07 bits per heavy atom. The third kappa shape index (κ3) is 3.59. The largest absolute Gasteiger partial charge is 0.496 e. The topological polar surface area (TPSA) is 37.5 Å². The quantitative estimate of drug-likeness (QED) is 0.733. The van der Waals surface area contributed by atoms with Crippen molar-refractivity contribution in [2.45, 2.75) is 82.9 Å². The predicted molar refractivity (Wildman–Crippen MR) is 118 cm³/mol. The van der Waals surface area contributed by atoms with Gasteiger partial charge in [0.1, 0.15) is 5.75 Å². The maximum absolute atomic E-state index is 6.36. The van der Waals surface area contributed by atoms with Gasteiger partial charge in [0.25, 0.3) is 0 Å². The number of hydrogen-bond donors (Lipinski definition) is 1. The number of nitrogens with zero attached hydrogens (tertiary/aromatic N) is 1. The maximum atomic E-state index is 6.36. The second-order valence-electron chi connectivity index (χ2n) is 9.67. The fourth-order valence-electron chi connectivity index (χ4n) is 6.40. The minimum Gasteiger partial charge on any atom is -0.496 e. The number of likely N-dealkylation sites (tertiary alicyclic amines) is 1. The van der Waals surface area contributed by atoms with Crippen molar-refractivity contribution >= 4 is 10.9 Å². The van der Waals surface area contributed by atoms with Crippen LogP contribution in [0.5, 0.6) is 5.75 Å². The fraction of sp³-hybridized carbons (Fsp3) is 0.680. The first-order valence-corrected chi connectivity index (χ1v) is 11.7. The number of aryl methyl sites for hydroxylation is 1. The third-order valence-corrected chi connectivity index (χ3v) is 7.98. The zero-order valence-corrected chi connectivity index (χ0v) is 18.1. The number of fused-ring (bicyclic) bond motifs is 1. The van der Waals surface area contributed by atoms with Crippen molar-refractivity contribution in [1.82, 2.24) is 9.88 Å². The molecule has 1 aromatic carbocycles. The molecule has 0 bridgehead atoms. The van der Waals surface area contributed by atoms with E-state index in [0.29, 0.717) is 6.04 Å². The molecule has 2 saturated heterocycles. The summed E-state index contributed by atoms with van der Waals surface area (Å²) in [6.45, 7) is 5.25. The first kappa shape index (κ1) is 19.4. The van der Waals surface area contributed by atoms with Crippen LogP contribution < -0.4 is 4.74 Å². The lowest BCUT2D eigenvalue weighted by molar-refractivity contribution is -0.0812. The summed E-state index contributed by atoms with van der Waals surface area (Å²) < 4.78 is 12.2. The molecule has 3 heterocycles. The Morgan fingerprint density at radius 1 is 1.21 bits per heavy atom. The standard InChI is InChI=1S/C25H36N2O2/c1-18-15-23(28-2)21(20-9-12-26-24(18)20)17-27-13-11-25(10-6-14-29-25)16-22(27)19-7-4-3-5-8-19/h9,12,15,19,22,26H,3-8,10-11,13-14,16-17H2,1-2H3. The van der Waals surface area contributed by atoms with E-state index in [1.54, 1.807) is 0 Å². The van der Waals surface area contributed by atoms with Crippen molar-refractivity contribution < 1.29 is 9.47 Å². The highest BCUT2D eigenvalue weighted by atomic mass is 16.5. The Morgan fingerprint density at radius 3 is 2.83 bits per heavy atom. The molecule has 0 radical (unpaired) electrons. The Labute approximate surface area is 174 Å². The summed E-state index contributed by atoms with van der Waals surface area (Å²) in [4.78, 5) is 6.22. The summed E-state index contributed by atoms with van der Waals surface area (Å²) in [5.74, 6) is 1.86. The number of nitrogens with one attached hydrogen (secondary N) is 1. The van der Waals surface area contributed by atoms with Crippen LogP contribution >= 0.6 is 0 Å². The maximum Gasteiger partial charge on any atom is 0.124 e. The van der Waals surface area contributed by atoms with Gasteiger partial charge in [-0.05, 0) is 69.1 Å². The molecule has 2 unspecified atom stereocenters. The molecule has 3 fully saturated rings. The van der Waals surface area contributed by atoms with Gasteiger partial charge < -0.3 is 14.5 Å². The van der Waals surface area contributed by atoms with E-state index < -0.39 is 0 Å². The number of aromatic nitrogens is 1. The molecule has 1 aliphatic carbocycles. The van der Waals surface area contributed by atoms with Gasteiger partial charge >= 0.3 is 0 Å². The van der Waals surface area contributed by atoms with Crippen LogP contribution in [0, 0.1) is 12.8 Å². The highest BCUT2D eigenvalue weighted by Gasteiger charge is 2.45. The summed E-state index contributed by atoms with van der Waals surface area (Å²) in [7, 11) is 1.81. The van der Waals surface area contributed by atoms with Crippen LogP contribution in [0.15, 0.2) is 18.3 Å². The summed E-state index contributed by atoms with van der Waals surface area (Å²) in [6.07, 6.45) is 14.0. The first-order chi connectivity index (χ1) is 14.2. The predicted octanol–water partition coefficient (Wildman–Crippen LogP) is 5.58. The van der Waals surface area contributed by atoms with E-state index in [1.165, 1.54) is 79.8 Å². The van der Waals surface area contributed by atoms with Crippen LogP contribution in [-0.4, -0.2) is 41.8 Å². The number of H-pyrrole nitrogens is 1. The molecule has 158 valence electrons. The normalized spacial score (nSPS) is 29.1. The summed E-state index contributed by atoms with van der Waals surface area (Å²) in [6, 6.07) is 5.07. The van der Waals surface area contributed by atoms with Crippen molar-refractivity contribution in [3.8, 4) is 5.75 Å². The summed E-state index contributed by atoms with van der Waals surface area (Å²) in [5, 5.41) is 1.32. The molecular formula is C25H36N2O2. The minimum absolute atomic E-state index is 0.166. The van der Waals surface area contributed by atoms with Crippen LogP contribution in [-0.2, 0) is 11.3 Å². The van der Waals surface area contributed by atoms with Gasteiger partial charge in [-0.15, -0.1) is 0 Å². The van der Waals surface area contributed by atoms with E-state index >= 15 is 0 Å². The average Bonchev–Trinajstić information content (AvgIpc) is 3.42. The van der Waals surface area contributed by atoms with Gasteiger partial charge in [0.2, 0.25) is 0 Å². The van der Waals surface area contributed by atoms with Crippen LogP contribution in [0.4, 0.5) is 0 Å². The zero-order valence-electron chi connectivity index (χ0n) is 18.1. The van der Waals surface area contributed by atoms with Crippen molar-refractivity contribution in [1.29, 1.82) is 0 Å². The van der Waals surface area contributed by atoms with Gasteiger partial charge in [0.15, 0.2) is 0 Å². The molecule has 2 aliphatic heterocycles. The van der Waals surface area contributed by atoms with Gasteiger partial charge in [-0.1, -0.05) is 19.3 Å². The minimum atomic E-state index is 0.166. The second-order valence-corrected chi connectivity index (χ2v) is 9.67. The average molecular weight is 397 g/mol. The lowest BCUT2D eigenvalue weighted by atomic mass is 9.74. The molecule has 1 aromatic heterocycles. The van der Waals surface area contributed by atoms with E-state index in [4.69, 9.17) is 9.47 Å². The van der Waals surface area contributed by atoms with Gasteiger partial charge in [-0.3, -0.25) is 4.90 Å². The molecule has 1 N–H and O–H groups in total. The van der Waals surface area contributed by atoms with Gasteiger partial charge in [0.05, 0.1) is 12.7 Å². The number of methoxy groups -OCH3 is 1. The van der Waals surface area contributed by atoms with Crippen molar-refractivity contribution in [2.75, 3.05) is 20.3 Å². The zero-order chi connectivity index (χ0) is 19.8. The molecule has 4 nitrogen and oxygen atoms in total. The molecule has 2 aromatic rings. The molecule has 1 spiro atoms. The van der Waals surface area contributed by atoms with Crippen molar-refractivity contribution in [3.63, 3.8) is 0 Å². The van der Waals surface area contributed by atoms with Crippen molar-refractivity contribution in [3.05, 3.63) is 29.5 Å². The van der Waals surface area contributed by atoms with E-state index in [-0.39, 0.29) is 5.60 Å². The van der Waals surface area contributed by atoms with E-state index in [2.05, 4.69) is 35.1 Å². The van der Waals surface area contributed by atoms with Crippen LogP contribution in [0.3, 0.4) is 0 Å². The Hall–Kier alpha value is -1.52. The number of benzene rings is 1. The number of piperidine rings is 1. The van der Waals surface area contributed by atoms with E-state index in [1.807, 2.05) is 7.11 Å². The fourth-order valence-corrected chi connectivity index (χ4v) is 6.40. The Bertz CT molecular complexity index is 846. The molecule has 29 heavy (non-hydrogen) atoms. The highest BCUT2D eigenvalue weighted by molar-refractivity contribution is 5.88. The monoisotopic (exact) mass is 396 g/mol. The van der Waals surface area contributed by atoms with Gasteiger partial charge in [-0.25, -0.2) is 0 Å². The highest BCUT2D eigenvalue weighted by Crippen LogP contribution is 2.44. The number of hydrogen-bond acceptors (Lipinski definition) is 3. The number of aromatic amines is 1. The SMILES string of the molecule is COc1cc(C)c2[nH]ccc2c1CN1CCC2(CCCO2)CC1C1CCCCC1. The smallest absolute Gasteiger partial charge is 0.124 e. The molecule has 3 aliphatic rings. The second kappa shape index (κ2) is 7.96. The van der Waals surface area contributed by atoms with Gasteiger partial charge in [-0.2, -0.15) is 0 Å². The molecular weight excluding hydrogens is 360 g/mol. The Kier molecular flexibility index (Phi) is 5.34. The lowest BCUT2D eigenvalue weighted by Crippen LogP contribution is -2.53. The van der Waals surface area contributed by atoms with Crippen LogP contribution in [0.1, 0.15) is 68.9 Å². The van der Waals surface area contributed by atoms with Crippen LogP contribution in [0.2, 0.25) is 0 Å². The van der Waals surface area contributed by atoms with Gasteiger partial charge in [0, 0.05) is 48.4 Å². The Balaban J connectivity index is 1.47. The molecule has 0 amide bonds. The van der Waals surface area contributed by atoms with E-state index in [0.717, 1.165) is 31.4 Å².